The largest absolute Gasteiger partial charge is 0.481 e. The Morgan fingerprint density at radius 1 is 1.29 bits per heavy atom. The lowest BCUT2D eigenvalue weighted by molar-refractivity contribution is -0.143. The van der Waals surface area contributed by atoms with Crippen LogP contribution in [0, 0.1) is 5.92 Å². The maximum atomic E-state index is 11.4. The second kappa shape index (κ2) is 6.81. The van der Waals surface area contributed by atoms with Crippen molar-refractivity contribution in [2.75, 3.05) is 13.6 Å². The number of carbonyl (C=O) groups excluding carboxylic acids is 1. The first-order valence-electron chi connectivity index (χ1n) is 5.56. The number of hydrogen-bond acceptors (Lipinski definition) is 3. The van der Waals surface area contributed by atoms with Gasteiger partial charge < -0.3 is 10.4 Å². The van der Waals surface area contributed by atoms with Gasteiger partial charge >= 0.3 is 5.97 Å². The van der Waals surface area contributed by atoms with E-state index < -0.39 is 11.9 Å². The molecule has 0 saturated heterocycles. The van der Waals surface area contributed by atoms with E-state index in [9.17, 15) is 9.59 Å². The molecule has 0 saturated carbocycles. The first-order chi connectivity index (χ1) is 8.13. The van der Waals surface area contributed by atoms with E-state index in [1.54, 1.807) is 7.05 Å². The smallest absolute Gasteiger partial charge is 0.307 e. The van der Waals surface area contributed by atoms with Gasteiger partial charge in [0.1, 0.15) is 5.78 Å². The van der Waals surface area contributed by atoms with Crippen LogP contribution in [0.5, 0.6) is 0 Å². The Bertz CT molecular complexity index is 376. The molecule has 0 radical (unpaired) electrons. The summed E-state index contributed by atoms with van der Waals surface area (Å²) < 4.78 is 0. The molecule has 0 aromatic heterocycles. The number of hydrogen-bond donors (Lipinski definition) is 2. The summed E-state index contributed by atoms with van der Waals surface area (Å²) in [5.74, 6) is -1.63. The first-order valence-corrected chi connectivity index (χ1v) is 5.56. The van der Waals surface area contributed by atoms with Crippen LogP contribution < -0.4 is 5.32 Å². The molecule has 4 heteroatoms. The van der Waals surface area contributed by atoms with Gasteiger partial charge in [0, 0.05) is 6.42 Å². The van der Waals surface area contributed by atoms with Crippen molar-refractivity contribution in [1.82, 2.24) is 5.32 Å². The number of aliphatic carboxylic acids is 1. The Kier molecular flexibility index (Phi) is 5.36. The molecule has 0 aliphatic heterocycles. The molecule has 1 atom stereocenters. The Hall–Kier alpha value is -1.68. The maximum Gasteiger partial charge on any atom is 0.307 e. The van der Waals surface area contributed by atoms with Gasteiger partial charge in [0.25, 0.3) is 0 Å². The van der Waals surface area contributed by atoms with Crippen LogP contribution in [-0.2, 0) is 16.0 Å². The molecule has 0 heterocycles. The van der Waals surface area contributed by atoms with Crippen LogP contribution >= 0.6 is 0 Å². The van der Waals surface area contributed by atoms with E-state index in [0.717, 1.165) is 5.56 Å². The van der Waals surface area contributed by atoms with Gasteiger partial charge in [-0.25, -0.2) is 0 Å². The molecule has 4 nitrogen and oxygen atoms in total. The molecule has 92 valence electrons. The van der Waals surface area contributed by atoms with Crippen LogP contribution in [0.25, 0.3) is 0 Å². The van der Waals surface area contributed by atoms with Crippen molar-refractivity contribution >= 4 is 11.8 Å². The van der Waals surface area contributed by atoms with Crippen LogP contribution in [0.1, 0.15) is 12.0 Å². The van der Waals surface area contributed by atoms with Crippen molar-refractivity contribution in [2.45, 2.75) is 12.8 Å². The fraction of sp³-hybridized carbons (Fsp3) is 0.385. The molecule has 0 unspecified atom stereocenters. The van der Waals surface area contributed by atoms with Gasteiger partial charge in [0.2, 0.25) is 0 Å². The topological polar surface area (TPSA) is 66.4 Å². The lowest BCUT2D eigenvalue weighted by atomic mass is 9.94. The number of rotatable bonds is 7. The van der Waals surface area contributed by atoms with Crippen molar-refractivity contribution < 1.29 is 14.7 Å². The highest BCUT2D eigenvalue weighted by molar-refractivity contribution is 5.85. The first kappa shape index (κ1) is 13.4. The highest BCUT2D eigenvalue weighted by atomic mass is 16.4. The van der Waals surface area contributed by atoms with Crippen molar-refractivity contribution in [2.24, 2.45) is 5.92 Å². The number of likely N-dealkylation sites (N-methyl/N-ethyl adjacent to an activating group) is 1. The summed E-state index contributed by atoms with van der Waals surface area (Å²) in [4.78, 5) is 22.5. The van der Waals surface area contributed by atoms with E-state index in [4.69, 9.17) is 5.11 Å². The molecular formula is C13H17NO3. The second-order valence-corrected chi connectivity index (χ2v) is 4.00. The molecule has 2 N–H and O–H groups in total. The fourth-order valence-corrected chi connectivity index (χ4v) is 1.69. The van der Waals surface area contributed by atoms with E-state index in [2.05, 4.69) is 5.32 Å². The zero-order valence-electron chi connectivity index (χ0n) is 9.85. The van der Waals surface area contributed by atoms with E-state index in [1.807, 2.05) is 30.3 Å². The van der Waals surface area contributed by atoms with Crippen LogP contribution in [-0.4, -0.2) is 30.5 Å². The molecule has 0 amide bonds. The Labute approximate surface area is 101 Å². The van der Waals surface area contributed by atoms with Crippen molar-refractivity contribution in [3.8, 4) is 0 Å². The lowest BCUT2D eigenvalue weighted by Crippen LogP contribution is -2.25. The average Bonchev–Trinajstić information content (AvgIpc) is 2.29. The van der Waals surface area contributed by atoms with Crippen molar-refractivity contribution in [3.05, 3.63) is 35.9 Å². The highest BCUT2D eigenvalue weighted by Gasteiger charge is 2.21. The molecule has 0 fully saturated rings. The minimum atomic E-state index is -0.918. The highest BCUT2D eigenvalue weighted by Crippen LogP contribution is 2.13. The number of carboxylic acids is 1. The van der Waals surface area contributed by atoms with E-state index in [-0.39, 0.29) is 18.7 Å². The third-order valence-electron chi connectivity index (χ3n) is 2.52. The Balaban J connectivity index is 2.61. The molecule has 1 rings (SSSR count). The second-order valence-electron chi connectivity index (χ2n) is 4.00. The quantitative estimate of drug-likeness (QED) is 0.743. The third kappa shape index (κ3) is 4.78. The molecular weight excluding hydrogens is 218 g/mol. The summed E-state index contributed by atoms with van der Waals surface area (Å²) in [7, 11) is 1.67. The molecule has 0 aliphatic rings. The third-order valence-corrected chi connectivity index (χ3v) is 2.52. The number of ketones is 1. The molecule has 0 spiro atoms. The maximum absolute atomic E-state index is 11.4. The number of nitrogens with one attached hydrogen (secondary N) is 1. The minimum Gasteiger partial charge on any atom is -0.481 e. The molecule has 1 aromatic rings. The van der Waals surface area contributed by atoms with Gasteiger partial charge in [-0.15, -0.1) is 0 Å². The summed E-state index contributed by atoms with van der Waals surface area (Å²) in [5.41, 5.74) is 0.942. The van der Waals surface area contributed by atoms with E-state index >= 15 is 0 Å². The SMILES string of the molecule is CNCC(=O)C[C@@H](Cc1ccccc1)C(=O)O. The summed E-state index contributed by atoms with van der Waals surface area (Å²) >= 11 is 0. The van der Waals surface area contributed by atoms with Gasteiger partial charge in [0.15, 0.2) is 0 Å². The fourth-order valence-electron chi connectivity index (χ4n) is 1.69. The Morgan fingerprint density at radius 3 is 2.47 bits per heavy atom. The standard InChI is InChI=1S/C13H17NO3/c1-14-9-12(15)8-11(13(16)17)7-10-5-3-2-4-6-10/h2-6,11,14H,7-9H2,1H3,(H,16,17)/t11-/m1/s1. The van der Waals surface area contributed by atoms with Crippen LogP contribution in [0.15, 0.2) is 30.3 Å². The molecule has 17 heavy (non-hydrogen) atoms. The van der Waals surface area contributed by atoms with Crippen molar-refractivity contribution in [1.29, 1.82) is 0 Å². The molecule has 1 aromatic carbocycles. The zero-order valence-corrected chi connectivity index (χ0v) is 9.85. The van der Waals surface area contributed by atoms with Gasteiger partial charge in [-0.1, -0.05) is 30.3 Å². The van der Waals surface area contributed by atoms with E-state index in [1.165, 1.54) is 0 Å². The number of benzene rings is 1. The minimum absolute atomic E-state index is 0.0733. The molecule has 0 bridgehead atoms. The van der Waals surface area contributed by atoms with Crippen LogP contribution in [0.4, 0.5) is 0 Å². The summed E-state index contributed by atoms with van der Waals surface area (Å²) in [6.07, 6.45) is 0.469. The van der Waals surface area contributed by atoms with Gasteiger partial charge in [-0.05, 0) is 19.0 Å². The van der Waals surface area contributed by atoms with Crippen LogP contribution in [0.3, 0.4) is 0 Å². The predicted octanol–water partition coefficient (Wildman–Crippen LogP) is 1.11. The van der Waals surface area contributed by atoms with Gasteiger partial charge in [-0.2, -0.15) is 0 Å². The average molecular weight is 235 g/mol. The summed E-state index contributed by atoms with van der Waals surface area (Å²) in [6, 6.07) is 9.36. The van der Waals surface area contributed by atoms with Gasteiger partial charge in [0.05, 0.1) is 12.5 Å². The van der Waals surface area contributed by atoms with Gasteiger partial charge in [-0.3, -0.25) is 9.59 Å². The summed E-state index contributed by atoms with van der Waals surface area (Å²) in [5, 5.41) is 11.8. The number of carbonyl (C=O) groups is 2. The monoisotopic (exact) mass is 235 g/mol. The number of carboxylic acid groups (broad SMARTS) is 1. The molecule has 0 aliphatic carbocycles. The number of Topliss-reactive ketones (excluding diaryl/α,β-unsaturated/α-hetero) is 1. The van der Waals surface area contributed by atoms with Crippen molar-refractivity contribution in [3.63, 3.8) is 0 Å². The van der Waals surface area contributed by atoms with E-state index in [0.29, 0.717) is 6.42 Å². The predicted molar refractivity (Wildman–Crippen MR) is 64.8 cm³/mol. The normalized spacial score (nSPS) is 12.1. The van der Waals surface area contributed by atoms with Crippen LogP contribution in [0.2, 0.25) is 0 Å². The Morgan fingerprint density at radius 2 is 1.94 bits per heavy atom. The lowest BCUT2D eigenvalue weighted by Gasteiger charge is -2.11. The zero-order chi connectivity index (χ0) is 12.7. The summed E-state index contributed by atoms with van der Waals surface area (Å²) in [6.45, 7) is 0.221.